The van der Waals surface area contributed by atoms with Crippen LogP contribution < -0.4 is 38.9 Å². The van der Waals surface area contributed by atoms with Crippen LogP contribution in [0.2, 0.25) is 0 Å². The minimum absolute atomic E-state index is 0.0729. The van der Waals surface area contributed by atoms with E-state index in [1.807, 2.05) is 0 Å². The van der Waals surface area contributed by atoms with Crippen LogP contribution in [0.3, 0.4) is 0 Å². The number of unbranched alkanes of at least 4 members (excludes halogenated alkanes) is 1. The molecular weight excluding hydrogens is 448 g/mol. The summed E-state index contributed by atoms with van der Waals surface area (Å²) < 4.78 is 0. The summed E-state index contributed by atoms with van der Waals surface area (Å²) in [6.07, 6.45) is 2.15. The highest BCUT2D eigenvalue weighted by Gasteiger charge is 2.31. The van der Waals surface area contributed by atoms with Crippen LogP contribution in [0.4, 0.5) is 0 Å². The first-order valence-corrected chi connectivity index (χ1v) is 11.2. The number of carbonyl (C=O) groups is 4. The second-order valence-electron chi connectivity index (χ2n) is 8.21. The van der Waals surface area contributed by atoms with Crippen molar-refractivity contribution in [2.45, 2.75) is 70.1 Å². The monoisotopic (exact) mass is 488 g/mol. The molecule has 0 rings (SSSR count). The topological polar surface area (TPSA) is 261 Å². The Hall–Kier alpha value is -2.97. The first-order valence-electron chi connectivity index (χ1n) is 11.2. The van der Waals surface area contributed by atoms with Gasteiger partial charge >= 0.3 is 5.97 Å². The third-order valence-corrected chi connectivity index (χ3v) is 4.93. The van der Waals surface area contributed by atoms with Gasteiger partial charge in [0.25, 0.3) is 0 Å². The lowest BCUT2D eigenvalue weighted by atomic mass is 10.0. The molecular formula is C20H40N8O6. The maximum atomic E-state index is 13.0. The Bertz CT molecular complexity index is 699. The number of guanidine groups is 1. The molecule has 0 aliphatic heterocycles. The number of hydrogen-bond donors (Lipinski definition) is 9. The number of amides is 3. The van der Waals surface area contributed by atoms with E-state index in [2.05, 4.69) is 20.9 Å². The average molecular weight is 489 g/mol. The Balaban J connectivity index is 5.37. The fourth-order valence-corrected chi connectivity index (χ4v) is 2.93. The lowest BCUT2D eigenvalue weighted by Gasteiger charge is -2.27. The maximum Gasteiger partial charge on any atom is 0.328 e. The SMILES string of the molecule is CC(C)C(NC(=O)C(N)CCCCN)C(=O)NC(CCCN=C(N)N)C(=O)NC(CO)C(=O)O. The van der Waals surface area contributed by atoms with Gasteiger partial charge in [0.15, 0.2) is 5.96 Å². The van der Waals surface area contributed by atoms with Crippen molar-refractivity contribution in [3.05, 3.63) is 0 Å². The van der Waals surface area contributed by atoms with Gasteiger partial charge in [-0.2, -0.15) is 0 Å². The molecule has 14 heteroatoms. The summed E-state index contributed by atoms with van der Waals surface area (Å²) in [5.74, 6) is -3.87. The van der Waals surface area contributed by atoms with E-state index >= 15 is 0 Å². The minimum atomic E-state index is -1.54. The first-order chi connectivity index (χ1) is 15.9. The highest BCUT2D eigenvalue weighted by atomic mass is 16.4. The van der Waals surface area contributed by atoms with Gasteiger partial charge < -0.3 is 49.1 Å². The van der Waals surface area contributed by atoms with Crippen LogP contribution in [-0.4, -0.2) is 83.7 Å². The maximum absolute atomic E-state index is 13.0. The van der Waals surface area contributed by atoms with Crippen molar-refractivity contribution in [1.29, 1.82) is 0 Å². The molecule has 0 saturated carbocycles. The van der Waals surface area contributed by atoms with E-state index in [1.54, 1.807) is 13.8 Å². The highest BCUT2D eigenvalue weighted by molar-refractivity contribution is 5.94. The molecule has 0 radical (unpaired) electrons. The molecule has 4 atom stereocenters. The number of carbonyl (C=O) groups excluding carboxylic acids is 3. The molecule has 0 spiro atoms. The molecule has 13 N–H and O–H groups in total. The summed E-state index contributed by atoms with van der Waals surface area (Å²) in [6, 6.07) is -4.52. The molecule has 0 aromatic rings. The molecule has 0 aliphatic carbocycles. The number of hydrogen-bond acceptors (Lipinski definition) is 8. The van der Waals surface area contributed by atoms with Crippen molar-refractivity contribution in [3.8, 4) is 0 Å². The fourth-order valence-electron chi connectivity index (χ4n) is 2.93. The van der Waals surface area contributed by atoms with Crippen LogP contribution in [0.15, 0.2) is 4.99 Å². The molecule has 196 valence electrons. The Kier molecular flexibility index (Phi) is 15.2. The van der Waals surface area contributed by atoms with Crippen molar-refractivity contribution in [3.63, 3.8) is 0 Å². The molecule has 34 heavy (non-hydrogen) atoms. The van der Waals surface area contributed by atoms with Crippen LogP contribution in [0.1, 0.15) is 46.0 Å². The standard InChI is InChI=1S/C20H40N8O6/c1-11(2)15(28-16(30)12(22)6-3-4-8-21)18(32)26-13(7-5-9-25-20(23)24)17(31)27-14(10-29)19(33)34/h11-15,29H,3-10,21-22H2,1-2H3,(H,26,32)(H,27,31)(H,28,30)(H,33,34)(H4,23,24,25). The number of nitrogens with zero attached hydrogens (tertiary/aromatic N) is 1. The number of aliphatic hydroxyl groups is 1. The third kappa shape index (κ3) is 12.3. The molecule has 14 nitrogen and oxygen atoms in total. The van der Waals surface area contributed by atoms with Crippen molar-refractivity contribution in [1.82, 2.24) is 16.0 Å². The number of carboxylic acids is 1. The Morgan fingerprint density at radius 3 is 2.00 bits per heavy atom. The second-order valence-corrected chi connectivity index (χ2v) is 8.21. The first kappa shape index (κ1) is 31.0. The van der Waals surface area contributed by atoms with Crippen LogP contribution in [-0.2, 0) is 19.2 Å². The Labute approximate surface area is 199 Å². The van der Waals surface area contributed by atoms with Gasteiger partial charge in [-0.3, -0.25) is 19.4 Å². The van der Waals surface area contributed by atoms with Gasteiger partial charge in [0.2, 0.25) is 17.7 Å². The highest BCUT2D eigenvalue weighted by Crippen LogP contribution is 2.07. The van der Waals surface area contributed by atoms with E-state index in [-0.39, 0.29) is 31.3 Å². The molecule has 0 bridgehead atoms. The van der Waals surface area contributed by atoms with E-state index < -0.39 is 54.5 Å². The minimum Gasteiger partial charge on any atom is -0.480 e. The largest absolute Gasteiger partial charge is 0.480 e. The summed E-state index contributed by atoms with van der Waals surface area (Å²) in [6.45, 7) is 3.25. The number of rotatable bonds is 17. The molecule has 0 aliphatic rings. The van der Waals surface area contributed by atoms with Gasteiger partial charge in [0.05, 0.1) is 12.6 Å². The van der Waals surface area contributed by atoms with E-state index in [9.17, 15) is 24.3 Å². The molecule has 0 fully saturated rings. The lowest BCUT2D eigenvalue weighted by molar-refractivity contribution is -0.143. The molecule has 4 unspecified atom stereocenters. The molecule has 0 saturated heterocycles. The van der Waals surface area contributed by atoms with E-state index in [4.69, 9.17) is 28.0 Å². The molecule has 0 heterocycles. The summed E-state index contributed by atoms with van der Waals surface area (Å²) in [4.78, 5) is 53.0. The third-order valence-electron chi connectivity index (χ3n) is 4.93. The van der Waals surface area contributed by atoms with Gasteiger partial charge in [-0.15, -0.1) is 0 Å². The fraction of sp³-hybridized carbons (Fsp3) is 0.750. The van der Waals surface area contributed by atoms with E-state index in [1.165, 1.54) is 0 Å². The summed E-state index contributed by atoms with van der Waals surface area (Å²) in [5, 5.41) is 25.6. The zero-order chi connectivity index (χ0) is 26.3. The summed E-state index contributed by atoms with van der Waals surface area (Å²) in [7, 11) is 0. The number of nitrogens with two attached hydrogens (primary N) is 4. The molecule has 0 aromatic carbocycles. The van der Waals surface area contributed by atoms with Gasteiger partial charge in [0, 0.05) is 6.54 Å². The predicted octanol–water partition coefficient (Wildman–Crippen LogP) is -3.32. The van der Waals surface area contributed by atoms with Gasteiger partial charge in [-0.05, 0) is 38.1 Å². The predicted molar refractivity (Wildman–Crippen MR) is 126 cm³/mol. The number of nitrogens with one attached hydrogen (secondary N) is 3. The zero-order valence-electron chi connectivity index (χ0n) is 19.8. The van der Waals surface area contributed by atoms with Crippen molar-refractivity contribution in [2.24, 2.45) is 33.8 Å². The number of aliphatic imine (C=N–C) groups is 1. The average Bonchev–Trinajstić information content (AvgIpc) is 2.76. The summed E-state index contributed by atoms with van der Waals surface area (Å²) >= 11 is 0. The second kappa shape index (κ2) is 16.6. The smallest absolute Gasteiger partial charge is 0.328 e. The van der Waals surface area contributed by atoms with Gasteiger partial charge in [-0.1, -0.05) is 20.3 Å². The lowest BCUT2D eigenvalue weighted by Crippen LogP contribution is -2.58. The number of aliphatic carboxylic acids is 1. The van der Waals surface area contributed by atoms with Crippen LogP contribution in [0.5, 0.6) is 0 Å². The quantitative estimate of drug-likeness (QED) is 0.0558. The van der Waals surface area contributed by atoms with Gasteiger partial charge in [0.1, 0.15) is 18.1 Å². The van der Waals surface area contributed by atoms with Crippen LogP contribution in [0.25, 0.3) is 0 Å². The van der Waals surface area contributed by atoms with Crippen molar-refractivity contribution >= 4 is 29.7 Å². The molecule has 3 amide bonds. The zero-order valence-corrected chi connectivity index (χ0v) is 19.8. The Morgan fingerprint density at radius 2 is 1.50 bits per heavy atom. The van der Waals surface area contributed by atoms with Crippen LogP contribution >= 0.6 is 0 Å². The van der Waals surface area contributed by atoms with Crippen molar-refractivity contribution < 1.29 is 29.4 Å². The molecule has 0 aromatic heterocycles. The normalized spacial score (nSPS) is 14.4. The van der Waals surface area contributed by atoms with Gasteiger partial charge in [-0.25, -0.2) is 4.79 Å². The summed E-state index contributed by atoms with van der Waals surface area (Å²) in [5.41, 5.74) is 21.9. The van der Waals surface area contributed by atoms with Crippen molar-refractivity contribution in [2.75, 3.05) is 19.7 Å². The van der Waals surface area contributed by atoms with E-state index in [0.717, 1.165) is 6.42 Å². The number of aliphatic hydroxyl groups excluding tert-OH is 1. The van der Waals surface area contributed by atoms with Crippen LogP contribution in [0, 0.1) is 5.92 Å². The number of carboxylic acid groups (broad SMARTS) is 1. The van der Waals surface area contributed by atoms with E-state index in [0.29, 0.717) is 19.4 Å². The Morgan fingerprint density at radius 1 is 0.882 bits per heavy atom.